The number of aryl methyl sites for hydroxylation is 1. The fourth-order valence-electron chi connectivity index (χ4n) is 2.80. The van der Waals surface area contributed by atoms with Crippen LogP contribution in [0.3, 0.4) is 0 Å². The molecule has 0 N–H and O–H groups in total. The zero-order valence-corrected chi connectivity index (χ0v) is 12.9. The molecule has 1 fully saturated rings. The normalized spacial score (nSPS) is 20.0. The molecule has 2 heterocycles. The van der Waals surface area contributed by atoms with Gasteiger partial charge in [0.15, 0.2) is 5.82 Å². The number of benzene rings is 1. The first-order chi connectivity index (χ1) is 10.7. The minimum Gasteiger partial charge on any atom is -0.338 e. The number of rotatable bonds is 3. The standard InChI is InChI=1S/C16H19N5O/c1-12-18-16(22-19-12)15-11-21(8-7-20(15)2)10-14-6-4-3-5-13(14)9-17/h3-6,15H,7-8,10-11H2,1-2H3/t15-/m1/s1. The summed E-state index contributed by atoms with van der Waals surface area (Å²) in [6, 6.07) is 10.1. The van der Waals surface area contributed by atoms with Crippen molar-refractivity contribution in [3.63, 3.8) is 0 Å². The highest BCUT2D eigenvalue weighted by Gasteiger charge is 2.30. The third-order valence-corrected chi connectivity index (χ3v) is 4.09. The van der Waals surface area contributed by atoms with Crippen molar-refractivity contribution >= 4 is 0 Å². The second-order valence-electron chi connectivity index (χ2n) is 5.68. The maximum atomic E-state index is 9.21. The molecule has 0 bridgehead atoms. The molecule has 0 aliphatic carbocycles. The minimum atomic E-state index is 0.101. The largest absolute Gasteiger partial charge is 0.338 e. The van der Waals surface area contributed by atoms with Crippen LogP contribution in [-0.2, 0) is 6.54 Å². The molecule has 1 saturated heterocycles. The molecule has 22 heavy (non-hydrogen) atoms. The number of likely N-dealkylation sites (N-methyl/N-ethyl adjacent to an activating group) is 1. The van der Waals surface area contributed by atoms with E-state index in [1.165, 1.54) is 0 Å². The Kier molecular flexibility index (Phi) is 4.18. The predicted octanol–water partition coefficient (Wildman–Crippen LogP) is 1.74. The quantitative estimate of drug-likeness (QED) is 0.859. The molecule has 6 heteroatoms. The molecule has 2 aromatic rings. The van der Waals surface area contributed by atoms with Gasteiger partial charge in [0.2, 0.25) is 5.89 Å². The fourth-order valence-corrected chi connectivity index (χ4v) is 2.80. The molecule has 0 spiro atoms. The number of nitrogens with zero attached hydrogens (tertiary/aromatic N) is 5. The molecule has 1 aliphatic rings. The monoisotopic (exact) mass is 297 g/mol. The van der Waals surface area contributed by atoms with Crippen LogP contribution in [0.25, 0.3) is 0 Å². The predicted molar refractivity (Wildman–Crippen MR) is 80.8 cm³/mol. The lowest BCUT2D eigenvalue weighted by Gasteiger charge is -2.37. The topological polar surface area (TPSA) is 69.2 Å². The van der Waals surface area contributed by atoms with Crippen LogP contribution in [0.4, 0.5) is 0 Å². The maximum absolute atomic E-state index is 9.21. The molecule has 6 nitrogen and oxygen atoms in total. The van der Waals surface area contributed by atoms with Gasteiger partial charge in [-0.25, -0.2) is 0 Å². The van der Waals surface area contributed by atoms with Gasteiger partial charge in [0.1, 0.15) is 6.04 Å². The number of nitriles is 1. The van der Waals surface area contributed by atoms with Crippen molar-refractivity contribution in [2.75, 3.05) is 26.7 Å². The Bertz CT molecular complexity index is 690. The van der Waals surface area contributed by atoms with Crippen LogP contribution in [0.2, 0.25) is 0 Å². The van der Waals surface area contributed by atoms with Crippen LogP contribution >= 0.6 is 0 Å². The van der Waals surface area contributed by atoms with Crippen LogP contribution < -0.4 is 0 Å². The first-order valence-corrected chi connectivity index (χ1v) is 7.38. The Balaban J connectivity index is 1.75. The summed E-state index contributed by atoms with van der Waals surface area (Å²) >= 11 is 0. The van der Waals surface area contributed by atoms with Gasteiger partial charge in [0.25, 0.3) is 0 Å². The van der Waals surface area contributed by atoms with Crippen molar-refractivity contribution in [3.8, 4) is 6.07 Å². The van der Waals surface area contributed by atoms with Crippen molar-refractivity contribution in [2.45, 2.75) is 19.5 Å². The highest BCUT2D eigenvalue weighted by molar-refractivity contribution is 5.37. The van der Waals surface area contributed by atoms with Gasteiger partial charge in [-0.3, -0.25) is 9.80 Å². The molecule has 114 valence electrons. The molecule has 0 unspecified atom stereocenters. The summed E-state index contributed by atoms with van der Waals surface area (Å²) in [5.41, 5.74) is 1.81. The summed E-state index contributed by atoms with van der Waals surface area (Å²) in [5, 5.41) is 13.1. The van der Waals surface area contributed by atoms with Gasteiger partial charge in [-0.2, -0.15) is 10.2 Å². The molecule has 0 radical (unpaired) electrons. The highest BCUT2D eigenvalue weighted by atomic mass is 16.5. The average molecular weight is 297 g/mol. The van der Waals surface area contributed by atoms with Crippen LogP contribution in [0.5, 0.6) is 0 Å². The summed E-state index contributed by atoms with van der Waals surface area (Å²) in [4.78, 5) is 8.93. The van der Waals surface area contributed by atoms with Crippen LogP contribution in [0.15, 0.2) is 28.8 Å². The third-order valence-electron chi connectivity index (χ3n) is 4.09. The molecule has 0 saturated carbocycles. The van der Waals surface area contributed by atoms with Gasteiger partial charge in [-0.05, 0) is 25.6 Å². The number of hydrogen-bond donors (Lipinski definition) is 0. The minimum absolute atomic E-state index is 0.101. The molecule has 1 atom stereocenters. The summed E-state index contributed by atoms with van der Waals surface area (Å²) in [6.45, 7) is 5.30. The van der Waals surface area contributed by atoms with Crippen molar-refractivity contribution in [2.24, 2.45) is 0 Å². The zero-order chi connectivity index (χ0) is 15.5. The van der Waals surface area contributed by atoms with E-state index in [9.17, 15) is 5.26 Å². The van der Waals surface area contributed by atoms with Crippen molar-refractivity contribution in [3.05, 3.63) is 47.1 Å². The Labute approximate surface area is 129 Å². The first-order valence-electron chi connectivity index (χ1n) is 7.38. The molecular weight excluding hydrogens is 278 g/mol. The van der Waals surface area contributed by atoms with E-state index in [1.807, 2.05) is 31.2 Å². The van der Waals surface area contributed by atoms with Crippen molar-refractivity contribution < 1.29 is 4.52 Å². The van der Waals surface area contributed by atoms with Crippen molar-refractivity contribution in [1.82, 2.24) is 19.9 Å². The van der Waals surface area contributed by atoms with Crippen LogP contribution in [0, 0.1) is 18.3 Å². The lowest BCUT2D eigenvalue weighted by molar-refractivity contribution is 0.0714. The van der Waals surface area contributed by atoms with Gasteiger partial charge < -0.3 is 4.52 Å². The van der Waals surface area contributed by atoms with E-state index in [0.29, 0.717) is 11.7 Å². The number of aromatic nitrogens is 2. The molecule has 1 aliphatic heterocycles. The number of hydrogen-bond acceptors (Lipinski definition) is 6. The second-order valence-corrected chi connectivity index (χ2v) is 5.68. The van der Waals surface area contributed by atoms with Gasteiger partial charge in [-0.15, -0.1) is 0 Å². The lowest BCUT2D eigenvalue weighted by atomic mass is 10.1. The van der Waals surface area contributed by atoms with E-state index < -0.39 is 0 Å². The molecule has 3 rings (SSSR count). The van der Waals surface area contributed by atoms with Crippen LogP contribution in [0.1, 0.15) is 28.9 Å². The first kappa shape index (κ1) is 14.7. The second kappa shape index (κ2) is 6.26. The van der Waals surface area contributed by atoms with Gasteiger partial charge >= 0.3 is 0 Å². The van der Waals surface area contributed by atoms with Gasteiger partial charge in [0, 0.05) is 26.2 Å². The summed E-state index contributed by atoms with van der Waals surface area (Å²) in [7, 11) is 2.07. The van der Waals surface area contributed by atoms with E-state index in [1.54, 1.807) is 0 Å². The highest BCUT2D eigenvalue weighted by Crippen LogP contribution is 2.24. The van der Waals surface area contributed by atoms with E-state index >= 15 is 0 Å². The van der Waals surface area contributed by atoms with E-state index in [0.717, 1.165) is 37.3 Å². The Morgan fingerprint density at radius 2 is 2.18 bits per heavy atom. The van der Waals surface area contributed by atoms with Gasteiger partial charge in [0.05, 0.1) is 11.6 Å². The third kappa shape index (κ3) is 3.01. The smallest absolute Gasteiger partial charge is 0.245 e. The van der Waals surface area contributed by atoms with Crippen molar-refractivity contribution in [1.29, 1.82) is 5.26 Å². The van der Waals surface area contributed by atoms with Crippen LogP contribution in [-0.4, -0.2) is 46.6 Å². The Morgan fingerprint density at radius 3 is 2.91 bits per heavy atom. The molecular formula is C16H19N5O. The van der Waals surface area contributed by atoms with E-state index in [4.69, 9.17) is 4.52 Å². The summed E-state index contributed by atoms with van der Waals surface area (Å²) in [6.07, 6.45) is 0. The molecule has 1 aromatic carbocycles. The SMILES string of the molecule is Cc1noc([C@H]2CN(Cc3ccccc3C#N)CCN2C)n1. The average Bonchev–Trinajstić information content (AvgIpc) is 2.96. The van der Waals surface area contributed by atoms with E-state index in [-0.39, 0.29) is 6.04 Å². The summed E-state index contributed by atoms with van der Waals surface area (Å²) < 4.78 is 5.34. The molecule has 0 amide bonds. The Morgan fingerprint density at radius 1 is 1.36 bits per heavy atom. The zero-order valence-electron chi connectivity index (χ0n) is 12.9. The lowest BCUT2D eigenvalue weighted by Crippen LogP contribution is -2.46. The summed E-state index contributed by atoms with van der Waals surface area (Å²) in [5.74, 6) is 1.33. The maximum Gasteiger partial charge on any atom is 0.245 e. The van der Waals surface area contributed by atoms with E-state index in [2.05, 4.69) is 33.1 Å². The Hall–Kier alpha value is -2.23. The fraction of sp³-hybridized carbons (Fsp3) is 0.438. The van der Waals surface area contributed by atoms with Gasteiger partial charge in [-0.1, -0.05) is 23.4 Å². The molecule has 1 aromatic heterocycles. The number of piperazine rings is 1.